The highest BCUT2D eigenvalue weighted by atomic mass is 15.4. The maximum absolute atomic E-state index is 8.14. The van der Waals surface area contributed by atoms with E-state index in [1.807, 2.05) is 37.5 Å². The largest absolute Gasteiger partial charge is 0.337 e. The number of benzene rings is 2. The first-order valence-corrected chi connectivity index (χ1v) is 9.48. The van der Waals surface area contributed by atoms with Crippen molar-refractivity contribution in [2.75, 3.05) is 16.8 Å². The fourth-order valence-electron chi connectivity index (χ4n) is 4.80. The smallest absolute Gasteiger partial charge is 0.153 e. The zero-order valence-corrected chi connectivity index (χ0v) is 15.7. The summed E-state index contributed by atoms with van der Waals surface area (Å²) >= 11 is 0. The Kier molecular flexibility index (Phi) is 2.47. The second-order valence-electron chi connectivity index (χ2n) is 7.45. The normalized spacial score (nSPS) is 19.2. The third-order valence-corrected chi connectivity index (χ3v) is 6.05. The highest BCUT2D eigenvalue weighted by Gasteiger charge is 2.37. The molecular weight excluding hydrogens is 346 g/mol. The fraction of sp³-hybridized carbons (Fsp3) is 0.217. The number of hydrogen-bond donors (Lipinski definition) is 0. The fourth-order valence-corrected chi connectivity index (χ4v) is 4.80. The van der Waals surface area contributed by atoms with Crippen LogP contribution in [0.3, 0.4) is 0 Å². The molecule has 5 heteroatoms. The number of imidazole rings is 1. The van der Waals surface area contributed by atoms with Crippen molar-refractivity contribution in [2.24, 2.45) is 0 Å². The second-order valence-corrected chi connectivity index (χ2v) is 7.45. The van der Waals surface area contributed by atoms with E-state index in [1.165, 1.54) is 15.8 Å². The number of pyridine rings is 1. The van der Waals surface area contributed by atoms with Gasteiger partial charge in [0.1, 0.15) is 12.0 Å². The molecule has 0 spiro atoms. The molecule has 0 saturated heterocycles. The summed E-state index contributed by atoms with van der Waals surface area (Å²) in [5.41, 5.74) is 5.31. The van der Waals surface area contributed by atoms with Gasteiger partial charge in [0.25, 0.3) is 0 Å². The summed E-state index contributed by atoms with van der Waals surface area (Å²) in [6, 6.07) is 12.2. The first-order chi connectivity index (χ1) is 14.9. The van der Waals surface area contributed by atoms with E-state index in [2.05, 4.69) is 44.6 Å². The van der Waals surface area contributed by atoms with Crippen molar-refractivity contribution in [3.63, 3.8) is 0 Å². The molecule has 6 rings (SSSR count). The molecule has 138 valence electrons. The first kappa shape index (κ1) is 12.9. The van der Waals surface area contributed by atoms with Gasteiger partial charge < -0.3 is 14.4 Å². The van der Waals surface area contributed by atoms with Crippen LogP contribution < -0.4 is 9.80 Å². The number of aryl methyl sites for hydroxylation is 1. The SMILES string of the molecule is [2H]C([2H])([2H])N1c2ncccc2N(c2c3c(c4ccccc4c2C)-n2ccnc2C3)[C@H]1C. The Bertz CT molecular complexity index is 1360. The van der Waals surface area contributed by atoms with Crippen molar-refractivity contribution in [1.29, 1.82) is 0 Å². The van der Waals surface area contributed by atoms with E-state index < -0.39 is 13.1 Å². The molecule has 4 aromatic rings. The lowest BCUT2D eigenvalue weighted by molar-refractivity contribution is 0.726. The van der Waals surface area contributed by atoms with Gasteiger partial charge in [0.15, 0.2) is 5.82 Å². The minimum absolute atomic E-state index is 0.408. The lowest BCUT2D eigenvalue weighted by atomic mass is 9.95. The Morgan fingerprint density at radius 1 is 1.04 bits per heavy atom. The Labute approximate surface area is 168 Å². The molecule has 2 aromatic heterocycles. The van der Waals surface area contributed by atoms with Crippen LogP contribution in [0.4, 0.5) is 17.2 Å². The topological polar surface area (TPSA) is 37.2 Å². The van der Waals surface area contributed by atoms with Crippen LogP contribution in [0.5, 0.6) is 0 Å². The van der Waals surface area contributed by atoms with Crippen molar-refractivity contribution in [1.82, 2.24) is 14.5 Å². The molecular formula is C23H21N5. The standard InChI is InChI=1S/C23H21N5/c1-14-16-7-4-5-8-17(16)22-18(13-20-24-11-12-27(20)22)21(14)28-15(2)26(3)23-19(28)9-6-10-25-23/h4-12,15H,13H2,1-3H3/t15-/m0/s1/i3D3. The number of anilines is 3. The van der Waals surface area contributed by atoms with Gasteiger partial charge in [-0.05, 0) is 36.9 Å². The van der Waals surface area contributed by atoms with Crippen molar-refractivity contribution in [2.45, 2.75) is 26.4 Å². The minimum Gasteiger partial charge on any atom is -0.337 e. The molecule has 1 atom stereocenters. The maximum Gasteiger partial charge on any atom is 0.153 e. The van der Waals surface area contributed by atoms with Crippen LogP contribution in [0, 0.1) is 6.92 Å². The van der Waals surface area contributed by atoms with Crippen LogP contribution in [0.2, 0.25) is 0 Å². The van der Waals surface area contributed by atoms with Gasteiger partial charge >= 0.3 is 0 Å². The van der Waals surface area contributed by atoms with Crippen molar-refractivity contribution >= 4 is 28.0 Å². The third kappa shape index (κ3) is 1.81. The number of rotatable bonds is 1. The molecule has 4 heterocycles. The van der Waals surface area contributed by atoms with E-state index in [1.54, 1.807) is 6.20 Å². The van der Waals surface area contributed by atoms with Gasteiger partial charge in [-0.15, -0.1) is 0 Å². The molecule has 2 aliphatic heterocycles. The number of aromatic nitrogens is 3. The molecule has 28 heavy (non-hydrogen) atoms. The van der Waals surface area contributed by atoms with Gasteiger partial charge in [-0.3, -0.25) is 0 Å². The molecule has 0 unspecified atom stereocenters. The summed E-state index contributed by atoms with van der Waals surface area (Å²) in [6.45, 7) is 1.76. The average Bonchev–Trinajstić information content (AvgIpc) is 3.39. The van der Waals surface area contributed by atoms with Crippen LogP contribution >= 0.6 is 0 Å². The van der Waals surface area contributed by atoms with E-state index >= 15 is 0 Å². The molecule has 0 radical (unpaired) electrons. The first-order valence-electron chi connectivity index (χ1n) is 11.0. The van der Waals surface area contributed by atoms with Gasteiger partial charge in [-0.1, -0.05) is 24.3 Å². The van der Waals surface area contributed by atoms with Gasteiger partial charge in [0.05, 0.1) is 17.1 Å². The van der Waals surface area contributed by atoms with Crippen molar-refractivity contribution in [3.05, 3.63) is 71.9 Å². The summed E-state index contributed by atoms with van der Waals surface area (Å²) < 4.78 is 26.6. The predicted molar refractivity (Wildman–Crippen MR) is 113 cm³/mol. The van der Waals surface area contributed by atoms with E-state index in [9.17, 15) is 0 Å². The Hall–Kier alpha value is -3.34. The number of hydrogen-bond acceptors (Lipinski definition) is 4. The molecule has 0 fully saturated rings. The zero-order chi connectivity index (χ0) is 21.5. The van der Waals surface area contributed by atoms with Crippen molar-refractivity contribution < 1.29 is 4.11 Å². The molecule has 0 saturated carbocycles. The number of fused-ring (bicyclic) bond motifs is 6. The predicted octanol–water partition coefficient (Wildman–Crippen LogP) is 4.57. The van der Waals surface area contributed by atoms with Crippen LogP contribution in [-0.2, 0) is 6.42 Å². The van der Waals surface area contributed by atoms with Gasteiger partial charge in [0.2, 0.25) is 0 Å². The molecule has 0 N–H and O–H groups in total. The Balaban J connectivity index is 1.69. The van der Waals surface area contributed by atoms with E-state index in [0.29, 0.717) is 12.2 Å². The maximum atomic E-state index is 8.14. The van der Waals surface area contributed by atoms with Gasteiger partial charge in [-0.2, -0.15) is 0 Å². The molecule has 0 bridgehead atoms. The average molecular weight is 370 g/mol. The van der Waals surface area contributed by atoms with Gasteiger partial charge in [0, 0.05) is 47.0 Å². The molecule has 5 nitrogen and oxygen atoms in total. The monoisotopic (exact) mass is 370 g/mol. The van der Waals surface area contributed by atoms with E-state index in [4.69, 9.17) is 4.11 Å². The van der Waals surface area contributed by atoms with Gasteiger partial charge in [-0.25, -0.2) is 9.97 Å². The Morgan fingerprint density at radius 3 is 2.75 bits per heavy atom. The molecule has 0 aliphatic carbocycles. The Morgan fingerprint density at radius 2 is 1.89 bits per heavy atom. The quantitative estimate of drug-likeness (QED) is 0.433. The summed E-state index contributed by atoms with van der Waals surface area (Å²) in [5, 5.41) is 2.34. The highest BCUT2D eigenvalue weighted by molar-refractivity contribution is 6.02. The van der Waals surface area contributed by atoms with E-state index in [-0.39, 0.29) is 0 Å². The van der Waals surface area contributed by atoms with Crippen molar-refractivity contribution in [3.8, 4) is 5.69 Å². The van der Waals surface area contributed by atoms with Crippen LogP contribution in [-0.4, -0.2) is 27.7 Å². The molecule has 0 amide bonds. The zero-order valence-electron chi connectivity index (χ0n) is 18.7. The summed E-state index contributed by atoms with van der Waals surface area (Å²) in [5.74, 6) is 1.49. The summed E-state index contributed by atoms with van der Waals surface area (Å²) in [6.07, 6.45) is 5.79. The van der Waals surface area contributed by atoms with Crippen LogP contribution in [0.25, 0.3) is 16.5 Å². The summed E-state index contributed by atoms with van der Waals surface area (Å²) in [4.78, 5) is 12.6. The number of nitrogens with zero attached hydrogens (tertiary/aromatic N) is 5. The molecule has 2 aromatic carbocycles. The highest BCUT2D eigenvalue weighted by Crippen LogP contribution is 2.49. The second kappa shape index (κ2) is 5.35. The van der Waals surface area contributed by atoms with Crippen LogP contribution in [0.1, 0.15) is 28.0 Å². The molecule has 2 aliphatic rings. The van der Waals surface area contributed by atoms with E-state index in [0.717, 1.165) is 33.8 Å². The minimum atomic E-state index is -2.29. The third-order valence-electron chi connectivity index (χ3n) is 6.05. The lowest BCUT2D eigenvalue weighted by Crippen LogP contribution is -2.36. The lowest BCUT2D eigenvalue weighted by Gasteiger charge is -2.31. The summed E-state index contributed by atoms with van der Waals surface area (Å²) in [7, 11) is 0. The van der Waals surface area contributed by atoms with Crippen LogP contribution in [0.15, 0.2) is 55.0 Å².